The zero-order chi connectivity index (χ0) is 15.1. The van der Waals surface area contributed by atoms with Gasteiger partial charge in [-0.1, -0.05) is 0 Å². The van der Waals surface area contributed by atoms with E-state index in [4.69, 9.17) is 9.96 Å². The summed E-state index contributed by atoms with van der Waals surface area (Å²) in [7, 11) is 0. The van der Waals surface area contributed by atoms with Crippen LogP contribution in [-0.2, 0) is 32.5 Å². The van der Waals surface area contributed by atoms with E-state index in [0.29, 0.717) is 37.6 Å². The predicted molar refractivity (Wildman–Crippen MR) is 73.1 cm³/mol. The molecule has 4 nitrogen and oxygen atoms in total. The summed E-state index contributed by atoms with van der Waals surface area (Å²) in [5.41, 5.74) is 0. The zero-order valence-electron chi connectivity index (χ0n) is 13.5. The van der Waals surface area contributed by atoms with Gasteiger partial charge in [0, 0.05) is 0 Å². The van der Waals surface area contributed by atoms with Gasteiger partial charge in [0.05, 0.1) is 0 Å². The van der Waals surface area contributed by atoms with Crippen molar-refractivity contribution >= 4 is 4.09 Å². The van der Waals surface area contributed by atoms with Crippen LogP contribution in [0.25, 0.3) is 0 Å². The normalized spacial score (nSPS) is 12.7. The molecule has 0 spiro atoms. The molecule has 0 aromatic carbocycles. The summed E-state index contributed by atoms with van der Waals surface area (Å²) < 4.78 is 17.5. The van der Waals surface area contributed by atoms with Gasteiger partial charge < -0.3 is 0 Å². The van der Waals surface area contributed by atoms with Crippen LogP contribution in [0.5, 0.6) is 0 Å². The summed E-state index contributed by atoms with van der Waals surface area (Å²) in [4.78, 5) is 12.0. The molecule has 0 unspecified atom stereocenters. The van der Waals surface area contributed by atoms with Gasteiger partial charge in [0.2, 0.25) is 0 Å². The van der Waals surface area contributed by atoms with Crippen molar-refractivity contribution in [3.05, 3.63) is 0 Å². The Bertz CT molecular complexity index is 233. The molecule has 0 saturated carbocycles. The first-order valence-electron chi connectivity index (χ1n) is 7.12. The molecule has 5 heteroatoms. The third-order valence-corrected chi connectivity index (χ3v) is 6.16. The fraction of sp³-hybridized carbons (Fsp3) is 0.929. The van der Waals surface area contributed by atoms with E-state index in [2.05, 4.69) is 41.5 Å². The molecule has 0 aromatic heterocycles. The van der Waals surface area contributed by atoms with E-state index < -0.39 is 17.8 Å². The van der Waals surface area contributed by atoms with Gasteiger partial charge in [0.1, 0.15) is 0 Å². The maximum atomic E-state index is 12.0. The number of rotatable bonds is 10. The van der Waals surface area contributed by atoms with Crippen molar-refractivity contribution in [3.63, 3.8) is 0 Å². The number of hydrogen-bond acceptors (Lipinski definition) is 4. The van der Waals surface area contributed by atoms with E-state index in [1.165, 1.54) is 6.92 Å². The molecule has 0 aliphatic heterocycles. The van der Waals surface area contributed by atoms with Crippen molar-refractivity contribution in [3.8, 4) is 0 Å². The maximum absolute atomic E-state index is 12.0. The first-order valence-corrected chi connectivity index (χ1v) is 9.81. The fourth-order valence-electron chi connectivity index (χ4n) is 1.26. The van der Waals surface area contributed by atoms with Gasteiger partial charge >= 0.3 is 123 Å². The van der Waals surface area contributed by atoms with Crippen LogP contribution >= 0.6 is 0 Å². The Morgan fingerprint density at radius 1 is 0.789 bits per heavy atom. The SMILES string of the molecule is C[C](=O)[Ti]([O]CC(C)C)([O]CC(C)C)[O]CC(C)C. The van der Waals surface area contributed by atoms with Crippen molar-refractivity contribution in [2.75, 3.05) is 19.8 Å². The molecule has 0 N–H and O–H groups in total. The van der Waals surface area contributed by atoms with Crippen LogP contribution in [0.15, 0.2) is 0 Å². The van der Waals surface area contributed by atoms with Crippen LogP contribution in [0.3, 0.4) is 0 Å². The van der Waals surface area contributed by atoms with Crippen molar-refractivity contribution in [2.45, 2.75) is 48.5 Å². The second-order valence-electron chi connectivity index (χ2n) is 6.23. The standard InChI is InChI=1S/3C4H9O.C2H3O.Ti/c3*1-4(2)3-5;1-2-3;/h3*4H,3H2,1-2H3;1H3;/q3*-1;;+3. The number of carbonyl (C=O) groups excluding carboxylic acids is 1. The van der Waals surface area contributed by atoms with Crippen LogP contribution in [0, 0.1) is 17.8 Å². The summed E-state index contributed by atoms with van der Waals surface area (Å²) in [5, 5.41) is 0. The molecule has 0 fully saturated rings. The van der Waals surface area contributed by atoms with E-state index in [-0.39, 0.29) is 4.09 Å². The summed E-state index contributed by atoms with van der Waals surface area (Å²) in [6.45, 7) is 15.4. The molecule has 0 aromatic rings. The molecule has 0 aliphatic rings. The number of carbonyl (C=O) groups is 1. The van der Waals surface area contributed by atoms with Crippen LogP contribution in [0.4, 0.5) is 0 Å². The molecule has 0 aliphatic carbocycles. The van der Waals surface area contributed by atoms with Crippen molar-refractivity contribution in [2.24, 2.45) is 17.8 Å². The molecular weight excluding hydrogens is 280 g/mol. The molecule has 0 bridgehead atoms. The summed E-state index contributed by atoms with van der Waals surface area (Å²) in [6.07, 6.45) is 0. The van der Waals surface area contributed by atoms with E-state index in [1.54, 1.807) is 0 Å². The summed E-state index contributed by atoms with van der Waals surface area (Å²) in [6, 6.07) is 0. The summed E-state index contributed by atoms with van der Waals surface area (Å²) in [5.74, 6) is 1.07. The average Bonchev–Trinajstić information content (AvgIpc) is 2.27. The summed E-state index contributed by atoms with van der Waals surface area (Å²) >= 11 is -3.78. The predicted octanol–water partition coefficient (Wildman–Crippen LogP) is 3.45. The minimum atomic E-state index is -3.78. The molecule has 0 amide bonds. The number of hydrogen-bond donors (Lipinski definition) is 0. The molecule has 0 rings (SSSR count). The second-order valence-corrected chi connectivity index (χ2v) is 10.4. The Kier molecular flexibility index (Phi) is 9.37. The first-order chi connectivity index (χ1) is 8.69. The van der Waals surface area contributed by atoms with Gasteiger partial charge in [-0.2, -0.15) is 0 Å². The third kappa shape index (κ3) is 8.21. The Hall–Kier alpha value is 0.264. The minimum absolute atomic E-state index is 0.0537. The van der Waals surface area contributed by atoms with Gasteiger partial charge in [0.25, 0.3) is 0 Å². The Balaban J connectivity index is 4.82. The van der Waals surface area contributed by atoms with Gasteiger partial charge in [-0.15, -0.1) is 0 Å². The van der Waals surface area contributed by atoms with Crippen molar-refractivity contribution in [1.82, 2.24) is 0 Å². The zero-order valence-corrected chi connectivity index (χ0v) is 15.0. The van der Waals surface area contributed by atoms with Crippen molar-refractivity contribution < 1.29 is 32.5 Å². The first kappa shape index (κ1) is 19.3. The van der Waals surface area contributed by atoms with E-state index in [9.17, 15) is 4.79 Å². The molecule has 0 saturated heterocycles. The van der Waals surface area contributed by atoms with E-state index in [0.717, 1.165) is 0 Å². The van der Waals surface area contributed by atoms with Gasteiger partial charge in [-0.3, -0.25) is 0 Å². The van der Waals surface area contributed by atoms with Crippen LogP contribution in [0.1, 0.15) is 48.5 Å². The third-order valence-electron chi connectivity index (χ3n) is 2.25. The van der Waals surface area contributed by atoms with Crippen LogP contribution < -0.4 is 0 Å². The molecule has 114 valence electrons. The van der Waals surface area contributed by atoms with Crippen LogP contribution in [0.2, 0.25) is 0 Å². The fourth-order valence-corrected chi connectivity index (χ4v) is 5.19. The molecule has 0 heterocycles. The molecule has 0 atom stereocenters. The Labute approximate surface area is 123 Å². The van der Waals surface area contributed by atoms with Gasteiger partial charge in [-0.05, 0) is 0 Å². The van der Waals surface area contributed by atoms with Gasteiger partial charge in [0.15, 0.2) is 0 Å². The quantitative estimate of drug-likeness (QED) is 0.580. The molecule has 0 radical (unpaired) electrons. The molecule has 19 heavy (non-hydrogen) atoms. The van der Waals surface area contributed by atoms with Crippen LogP contribution in [-0.4, -0.2) is 23.9 Å². The van der Waals surface area contributed by atoms with E-state index >= 15 is 0 Å². The average molecular weight is 310 g/mol. The van der Waals surface area contributed by atoms with E-state index in [1.807, 2.05) is 0 Å². The second kappa shape index (κ2) is 9.25. The molecular formula is C14H30O4Ti. The Morgan fingerprint density at radius 3 is 1.21 bits per heavy atom. The monoisotopic (exact) mass is 310 g/mol. The van der Waals surface area contributed by atoms with Gasteiger partial charge in [-0.25, -0.2) is 0 Å². The topological polar surface area (TPSA) is 44.8 Å². The Morgan fingerprint density at radius 2 is 1.05 bits per heavy atom. The van der Waals surface area contributed by atoms with Crippen molar-refractivity contribution in [1.29, 1.82) is 0 Å².